The smallest absolute Gasteiger partial charge is 0.494 e. The number of halogens is 9. The number of hydrogen-bond acceptors (Lipinski definition) is 26. The van der Waals surface area contributed by atoms with E-state index < -0.39 is 64.2 Å². The van der Waals surface area contributed by atoms with Crippen LogP contribution in [0.4, 0.5) is 51.7 Å². The second kappa shape index (κ2) is 45.5. The van der Waals surface area contributed by atoms with Crippen LogP contribution in [0.1, 0.15) is 116 Å². The Hall–Kier alpha value is -12.3. The third-order valence-corrected chi connectivity index (χ3v) is 22.6. The highest BCUT2D eigenvalue weighted by molar-refractivity contribution is 9.10. The summed E-state index contributed by atoms with van der Waals surface area (Å²) < 4.78 is 114. The number of carbonyl (C=O) groups is 1. The second-order valence-electron chi connectivity index (χ2n) is 30.4. The lowest BCUT2D eigenvalue weighted by atomic mass is 9.79. The van der Waals surface area contributed by atoms with Gasteiger partial charge in [0.15, 0.2) is 40.2 Å². The fraction of sp³-hybridized carbons (Fsp3) is 0.353. The summed E-state index contributed by atoms with van der Waals surface area (Å²) in [5.41, 5.74) is 18.5. The first-order chi connectivity index (χ1) is 62.3. The largest absolute Gasteiger partial charge is 0.495 e. The van der Waals surface area contributed by atoms with E-state index in [1.807, 2.05) is 117 Å². The molecule has 1 amide bonds. The summed E-state index contributed by atoms with van der Waals surface area (Å²) >= 11 is 27.0. The van der Waals surface area contributed by atoms with Crippen LogP contribution in [0, 0.1) is 36.3 Å². The molecule has 2 atom stereocenters. The maximum atomic E-state index is 14.0. The number of alkyl halides is 4. The van der Waals surface area contributed by atoms with Crippen LogP contribution >= 0.6 is 62.3 Å². The number of pyridine rings is 2. The first kappa shape index (κ1) is 101. The quantitative estimate of drug-likeness (QED) is 0.0169. The lowest BCUT2D eigenvalue weighted by Crippen LogP contribution is -2.41. The zero-order valence-corrected chi connectivity index (χ0v) is 77.8. The summed E-state index contributed by atoms with van der Waals surface area (Å²) in [7, 11) is 14.4. The van der Waals surface area contributed by atoms with E-state index in [1.54, 1.807) is 88.5 Å². The maximum Gasteiger partial charge on any atom is 0.494 e. The van der Waals surface area contributed by atoms with Gasteiger partial charge < -0.3 is 77.5 Å². The SMILES string of the molecule is COc1cc(-c2cncn2C)ccc1N.COc1cc(-c2cncn2C)ccc1Nc1cc(Cl)nc2c1nc(C(F)F)n2C1CCCCO1.COc1cc(-c2cncn2C)ccc1[N+](=O)[O-].COc1cc(B2OC(C)(C)C(C)(C)O2)ccc1[N+](=O)[O-].COc1cc(Cl)ccc1[N+](=O)[O-].Cn1cncc1Br.FC(F)c1nc2c(Cl)cc(Cl)nc2n1C1CCCCO1.NC(=O)C1CC1. The fourth-order valence-corrected chi connectivity index (χ4v) is 14.3. The van der Waals surface area contributed by atoms with Crippen LogP contribution in [-0.4, -0.2) is 155 Å². The molecule has 1 saturated carbocycles. The number of imidazole rings is 6. The summed E-state index contributed by atoms with van der Waals surface area (Å²) in [5.74, 6) is 1.20. The standard InChI is InChI=1S/C23H23ClF2N6O2.C13H18BNO5.C12H11Cl2F2N3O.C11H11N3O3.C11H13N3O.C7H6ClNO3.C4H5BrN2.C4H7NO/c1-31-12-27-11-16(31)13-6-7-14(17(9-13)33-2)28-15-10-18(24)29-22-20(15)30-23(21(25)26)32(22)19-5-3-4-8-34-19;1-12(2)13(3,4)20-14(19-12)9-6-7-10(15(16)17)11(8-9)18-5;13-6-5-7(14)17-11-9(6)18-12(10(15)16)19(11)8-3-1-2-4-20-8;1-13-7-12-6-10(13)8-3-4-9(14(15)16)11(5-8)17-2;1-14-7-13-6-10(14)8-3-4-9(12)11(5-8)15-2;1-12-7-4-5(8)2-3-6(7)9(10)11;1-7-3-6-2-4(7)5;5-4(6)3-1-2-3/h6-7,9-12,19,21H,3-5,8H2,1-2H3,(H,28,29);6-8H,1-5H3;5,8,10H,1-4H2;3-7H,1-2H3;3-7H,12H2,1-2H3;2-4H,1H3;2-3H,1H3;3H,1-2H2,(H2,5,6). The number of nitrogens with two attached hydrogens (primary N) is 2. The van der Waals surface area contributed by atoms with Crippen molar-refractivity contribution in [3.05, 3.63) is 220 Å². The van der Waals surface area contributed by atoms with E-state index in [-0.39, 0.29) is 89.6 Å². The molecule has 13 aromatic rings. The van der Waals surface area contributed by atoms with Crippen molar-refractivity contribution in [3.63, 3.8) is 0 Å². The number of rotatable bonds is 19. The van der Waals surface area contributed by atoms with Crippen molar-refractivity contribution >= 4 is 137 Å². The molecule has 0 bridgehead atoms. The highest BCUT2D eigenvalue weighted by Gasteiger charge is 2.52. The van der Waals surface area contributed by atoms with Gasteiger partial charge in [0, 0.05) is 99.4 Å². The number of hydrogen-bond donors (Lipinski definition) is 3. The van der Waals surface area contributed by atoms with Crippen LogP contribution in [0.5, 0.6) is 28.7 Å². The van der Waals surface area contributed by atoms with Crippen molar-refractivity contribution in [1.29, 1.82) is 0 Å². The molecule has 131 heavy (non-hydrogen) atoms. The molecule has 46 heteroatoms. The van der Waals surface area contributed by atoms with E-state index in [1.165, 1.54) is 66.9 Å². The number of benzene rings is 5. The summed E-state index contributed by atoms with van der Waals surface area (Å²) in [5, 5.41) is 36.2. The molecule has 0 spiro atoms. The Kier molecular flexibility index (Phi) is 35.0. The molecule has 1 aliphatic carbocycles. The number of nitro benzene ring substituents is 3. The van der Waals surface area contributed by atoms with Crippen molar-refractivity contribution in [1.82, 2.24) is 67.3 Å². The van der Waals surface area contributed by atoms with Crippen LogP contribution < -0.4 is 45.9 Å². The van der Waals surface area contributed by atoms with Gasteiger partial charge >= 0.3 is 24.2 Å². The molecule has 2 unspecified atom stereocenters. The van der Waals surface area contributed by atoms with Gasteiger partial charge in [-0.3, -0.25) is 44.3 Å². The number of amides is 1. The van der Waals surface area contributed by atoms with E-state index in [9.17, 15) is 52.7 Å². The molecule has 8 aromatic heterocycles. The van der Waals surface area contributed by atoms with E-state index in [0.717, 1.165) is 76.9 Å². The number of anilines is 3. The van der Waals surface area contributed by atoms with E-state index in [2.05, 4.69) is 61.1 Å². The summed E-state index contributed by atoms with van der Waals surface area (Å²) in [4.78, 5) is 73.2. The molecule has 696 valence electrons. The monoisotopic (exact) mass is 1960 g/mol. The number of nitrogens with zero attached hydrogens (tertiary/aromatic N) is 17. The number of carbonyl (C=O) groups excluding carboxylic acids is 1. The summed E-state index contributed by atoms with van der Waals surface area (Å²) in [6.45, 7) is 8.84. The van der Waals surface area contributed by atoms with Crippen LogP contribution in [0.25, 0.3) is 56.1 Å². The Morgan fingerprint density at radius 2 is 0.931 bits per heavy atom. The van der Waals surface area contributed by atoms with Crippen LogP contribution in [0.2, 0.25) is 20.4 Å². The van der Waals surface area contributed by atoms with Crippen molar-refractivity contribution < 1.29 is 79.6 Å². The van der Waals surface area contributed by atoms with Gasteiger partial charge in [0.2, 0.25) is 5.91 Å². The van der Waals surface area contributed by atoms with E-state index >= 15 is 0 Å². The minimum Gasteiger partial charge on any atom is -0.495 e. The Balaban J connectivity index is 0.000000163. The number of aryl methyl sites for hydroxylation is 4. The lowest BCUT2D eigenvalue weighted by molar-refractivity contribution is -0.385. The molecule has 4 aliphatic rings. The van der Waals surface area contributed by atoms with Crippen LogP contribution in [0.3, 0.4) is 0 Å². The van der Waals surface area contributed by atoms with Gasteiger partial charge in [0.25, 0.3) is 12.9 Å². The molecule has 0 radical (unpaired) electrons. The number of nitrogens with one attached hydrogen (secondary N) is 1. The Morgan fingerprint density at radius 1 is 0.519 bits per heavy atom. The number of fused-ring (bicyclic) bond motifs is 2. The molecular weight excluding hydrogens is 1870 g/mol. The number of nitro groups is 3. The number of ether oxygens (including phenoxy) is 7. The Labute approximate surface area is 777 Å². The van der Waals surface area contributed by atoms with Gasteiger partial charge in [-0.15, -0.1) is 0 Å². The normalized spacial score (nSPS) is 15.2. The Bertz CT molecular complexity index is 6110. The van der Waals surface area contributed by atoms with Crippen molar-refractivity contribution in [3.8, 4) is 62.5 Å². The van der Waals surface area contributed by atoms with Gasteiger partial charge in [0.05, 0.1) is 151 Å². The minimum absolute atomic E-state index is 0.0431. The topological polar surface area (TPSA) is 426 Å². The number of primary amides is 1. The van der Waals surface area contributed by atoms with Crippen molar-refractivity contribution in [2.24, 2.45) is 39.8 Å². The first-order valence-corrected chi connectivity index (χ1v) is 42.4. The highest BCUT2D eigenvalue weighted by Crippen LogP contribution is 2.43. The molecular formula is C85H94BBrCl4F4N20O16. The van der Waals surface area contributed by atoms with Gasteiger partial charge in [-0.05, 0) is 155 Å². The summed E-state index contributed by atoms with van der Waals surface area (Å²) in [6.07, 6.45) is 14.2. The number of nitrogen functional groups attached to an aromatic ring is 1. The van der Waals surface area contributed by atoms with Crippen molar-refractivity contribution in [2.75, 3.05) is 59.8 Å². The molecule has 3 saturated heterocycles. The fourth-order valence-electron chi connectivity index (χ4n) is 13.2. The van der Waals surface area contributed by atoms with Gasteiger partial charge in [0.1, 0.15) is 49.9 Å². The third kappa shape index (κ3) is 25.5. The van der Waals surface area contributed by atoms with E-state index in [0.29, 0.717) is 65.1 Å². The van der Waals surface area contributed by atoms with Gasteiger partial charge in [-0.2, -0.15) is 0 Å². The molecule has 11 heterocycles. The zero-order chi connectivity index (χ0) is 95.5. The number of methoxy groups -OCH3 is 5. The highest BCUT2D eigenvalue weighted by atomic mass is 79.9. The first-order valence-electron chi connectivity index (χ1n) is 40.1. The molecule has 5 N–H and O–H groups in total. The molecule has 3 aliphatic heterocycles. The van der Waals surface area contributed by atoms with E-state index in [4.69, 9.17) is 100 Å². The molecule has 5 aromatic carbocycles. The van der Waals surface area contributed by atoms with Crippen LogP contribution in [0.15, 0.2) is 158 Å². The summed E-state index contributed by atoms with van der Waals surface area (Å²) in [6, 6.07) is 27.8. The van der Waals surface area contributed by atoms with Gasteiger partial charge in [-0.25, -0.2) is 57.4 Å². The second-order valence-corrected chi connectivity index (χ2v) is 32.8. The van der Waals surface area contributed by atoms with Crippen molar-refractivity contribution in [2.45, 2.75) is 116 Å². The zero-order valence-electron chi connectivity index (χ0n) is 73.2. The van der Waals surface area contributed by atoms with Gasteiger partial charge in [-0.1, -0.05) is 64.6 Å². The number of aromatic nitrogens is 14. The average Bonchev–Trinajstić information content (AvgIpc) is 1.62. The Morgan fingerprint density at radius 3 is 1.34 bits per heavy atom. The molecule has 17 rings (SSSR count). The lowest BCUT2D eigenvalue weighted by Gasteiger charge is -2.32. The molecule has 4 fully saturated rings. The maximum absolute atomic E-state index is 14.0. The average molecular weight is 1960 g/mol. The van der Waals surface area contributed by atoms with Crippen LogP contribution in [-0.2, 0) is 51.8 Å². The predicted molar refractivity (Wildman–Crippen MR) is 490 cm³/mol. The minimum atomic E-state index is -2.79. The third-order valence-electron chi connectivity index (χ3n) is 20.9. The molecule has 36 nitrogen and oxygen atoms in total. The predicted octanol–water partition coefficient (Wildman–Crippen LogP) is 19.2.